The lowest BCUT2D eigenvalue weighted by Crippen LogP contribution is -2.48. The lowest BCUT2D eigenvalue weighted by molar-refractivity contribution is -0.114. The second-order valence-electron chi connectivity index (χ2n) is 5.17. The fourth-order valence-electron chi connectivity index (χ4n) is 2.65. The quantitative estimate of drug-likeness (QED) is 0.883. The average molecular weight is 282 g/mol. The Balaban J connectivity index is 2.02. The summed E-state index contributed by atoms with van der Waals surface area (Å²) in [6.07, 6.45) is 3.65. The Morgan fingerprint density at radius 3 is 3.11 bits per heavy atom. The van der Waals surface area contributed by atoms with Gasteiger partial charge in [-0.05, 0) is 19.8 Å². The van der Waals surface area contributed by atoms with Crippen molar-refractivity contribution in [3.05, 3.63) is 11.1 Å². The number of hydrogen-bond donors (Lipinski definition) is 2. The van der Waals surface area contributed by atoms with Gasteiger partial charge >= 0.3 is 0 Å². The number of rotatable bonds is 4. The van der Waals surface area contributed by atoms with Gasteiger partial charge < -0.3 is 11.1 Å². The Hall–Kier alpha value is -0.980. The highest BCUT2D eigenvalue weighted by molar-refractivity contribution is 7.13. The largest absolute Gasteiger partial charge is 0.329 e. The summed E-state index contributed by atoms with van der Waals surface area (Å²) in [6, 6.07) is 1.00. The number of anilines is 1. The first kappa shape index (κ1) is 14.4. The van der Waals surface area contributed by atoms with Gasteiger partial charge in [0.25, 0.3) is 0 Å². The third kappa shape index (κ3) is 3.75. The molecule has 106 valence electrons. The minimum Gasteiger partial charge on any atom is -0.329 e. The smallest absolute Gasteiger partial charge is 0.223 e. The molecule has 0 radical (unpaired) electrons. The number of nitrogens with zero attached hydrogens (tertiary/aromatic N) is 2. The molecule has 1 amide bonds. The minimum absolute atomic E-state index is 0.0768. The van der Waals surface area contributed by atoms with Crippen LogP contribution in [-0.4, -0.2) is 34.4 Å². The minimum atomic E-state index is -0.0768. The number of nitrogens with two attached hydrogens (primary N) is 1. The van der Waals surface area contributed by atoms with Crippen LogP contribution < -0.4 is 11.1 Å². The zero-order valence-electron chi connectivity index (χ0n) is 11.6. The van der Waals surface area contributed by atoms with Crippen molar-refractivity contribution in [1.82, 2.24) is 9.88 Å². The number of nitrogens with one attached hydrogen (secondary N) is 1. The number of carbonyl (C=O) groups excluding carboxylic acids is 1. The molecule has 1 fully saturated rings. The Bertz CT molecular complexity index is 434. The van der Waals surface area contributed by atoms with Crippen LogP contribution in [0.1, 0.15) is 38.8 Å². The standard InChI is InChI=1S/C13H22N4OS/c1-9-4-3-5-12(6-14)17(9)7-11-8-19-13(16-11)15-10(2)18/h8-9,12H,3-7,14H2,1-2H3,(H,15,16,18). The maximum atomic E-state index is 11.0. The molecule has 2 unspecified atom stereocenters. The molecule has 3 N–H and O–H groups in total. The SMILES string of the molecule is CC(=O)Nc1nc(CN2C(C)CCCC2CN)cs1. The molecule has 2 atom stereocenters. The van der Waals surface area contributed by atoms with Crippen LogP contribution in [0.25, 0.3) is 0 Å². The summed E-state index contributed by atoms with van der Waals surface area (Å²) in [5.41, 5.74) is 6.88. The van der Waals surface area contributed by atoms with Crippen LogP contribution in [0.15, 0.2) is 5.38 Å². The van der Waals surface area contributed by atoms with Gasteiger partial charge in [0.2, 0.25) is 5.91 Å². The molecule has 1 saturated heterocycles. The van der Waals surface area contributed by atoms with E-state index in [1.807, 2.05) is 5.38 Å². The summed E-state index contributed by atoms with van der Waals surface area (Å²) in [4.78, 5) is 17.9. The molecule has 1 aromatic heterocycles. The maximum absolute atomic E-state index is 11.0. The van der Waals surface area contributed by atoms with E-state index < -0.39 is 0 Å². The number of piperidine rings is 1. The van der Waals surface area contributed by atoms with E-state index >= 15 is 0 Å². The van der Waals surface area contributed by atoms with Crippen LogP contribution >= 0.6 is 11.3 Å². The van der Waals surface area contributed by atoms with Crippen molar-refractivity contribution in [2.45, 2.75) is 51.7 Å². The van der Waals surface area contributed by atoms with Crippen molar-refractivity contribution in [3.63, 3.8) is 0 Å². The Labute approximate surface area is 118 Å². The predicted octanol–water partition coefficient (Wildman–Crippen LogP) is 1.80. The van der Waals surface area contributed by atoms with E-state index in [0.29, 0.717) is 23.8 Å². The average Bonchev–Trinajstić information content (AvgIpc) is 2.78. The molecule has 5 nitrogen and oxygen atoms in total. The lowest BCUT2D eigenvalue weighted by Gasteiger charge is -2.39. The van der Waals surface area contributed by atoms with Gasteiger partial charge in [0, 0.05) is 37.5 Å². The highest BCUT2D eigenvalue weighted by atomic mass is 32.1. The molecule has 0 aliphatic carbocycles. The molecule has 0 aromatic carbocycles. The van der Waals surface area contributed by atoms with Gasteiger partial charge in [-0.1, -0.05) is 6.42 Å². The summed E-state index contributed by atoms with van der Waals surface area (Å²) in [5.74, 6) is -0.0768. The van der Waals surface area contributed by atoms with E-state index in [4.69, 9.17) is 5.73 Å². The second-order valence-corrected chi connectivity index (χ2v) is 6.03. The van der Waals surface area contributed by atoms with Crippen molar-refractivity contribution in [2.24, 2.45) is 5.73 Å². The third-order valence-corrected chi connectivity index (χ3v) is 4.45. The molecule has 0 bridgehead atoms. The number of likely N-dealkylation sites (tertiary alicyclic amines) is 1. The molecule has 6 heteroatoms. The number of carbonyl (C=O) groups is 1. The molecular formula is C13H22N4OS. The van der Waals surface area contributed by atoms with Gasteiger partial charge in [0.15, 0.2) is 5.13 Å². The number of aromatic nitrogens is 1. The molecule has 19 heavy (non-hydrogen) atoms. The van der Waals surface area contributed by atoms with Gasteiger partial charge in [-0.3, -0.25) is 9.69 Å². The van der Waals surface area contributed by atoms with Crippen LogP contribution in [0.4, 0.5) is 5.13 Å². The molecular weight excluding hydrogens is 260 g/mol. The van der Waals surface area contributed by atoms with E-state index in [1.165, 1.54) is 37.5 Å². The molecule has 0 spiro atoms. The first-order valence-electron chi connectivity index (χ1n) is 6.78. The monoisotopic (exact) mass is 282 g/mol. The zero-order chi connectivity index (χ0) is 13.8. The van der Waals surface area contributed by atoms with Crippen molar-refractivity contribution in [2.75, 3.05) is 11.9 Å². The summed E-state index contributed by atoms with van der Waals surface area (Å²) >= 11 is 1.48. The van der Waals surface area contributed by atoms with Crippen molar-refractivity contribution in [1.29, 1.82) is 0 Å². The third-order valence-electron chi connectivity index (χ3n) is 3.65. The summed E-state index contributed by atoms with van der Waals surface area (Å²) < 4.78 is 0. The predicted molar refractivity (Wildman–Crippen MR) is 78.1 cm³/mol. The van der Waals surface area contributed by atoms with Gasteiger partial charge in [-0.15, -0.1) is 11.3 Å². The van der Waals surface area contributed by atoms with Crippen LogP contribution in [0.3, 0.4) is 0 Å². The second kappa shape index (κ2) is 6.45. The lowest BCUT2D eigenvalue weighted by atomic mass is 9.96. The van der Waals surface area contributed by atoms with Gasteiger partial charge in [-0.2, -0.15) is 0 Å². The van der Waals surface area contributed by atoms with Gasteiger partial charge in [0.1, 0.15) is 0 Å². The van der Waals surface area contributed by atoms with Crippen molar-refractivity contribution in [3.8, 4) is 0 Å². The van der Waals surface area contributed by atoms with E-state index in [-0.39, 0.29) is 5.91 Å². The van der Waals surface area contributed by atoms with Crippen LogP contribution in [0.5, 0.6) is 0 Å². The summed E-state index contributed by atoms with van der Waals surface area (Å²) in [5, 5.41) is 5.42. The van der Waals surface area contributed by atoms with Crippen molar-refractivity contribution >= 4 is 22.4 Å². The van der Waals surface area contributed by atoms with Crippen LogP contribution in [0.2, 0.25) is 0 Å². The fourth-order valence-corrected chi connectivity index (χ4v) is 3.40. The van der Waals surface area contributed by atoms with Crippen molar-refractivity contribution < 1.29 is 4.79 Å². The Morgan fingerprint density at radius 2 is 2.42 bits per heavy atom. The molecule has 2 rings (SSSR count). The van der Waals surface area contributed by atoms with E-state index in [2.05, 4.69) is 22.1 Å². The normalized spacial score (nSPS) is 24.4. The number of thiazole rings is 1. The maximum Gasteiger partial charge on any atom is 0.223 e. The Morgan fingerprint density at radius 1 is 1.63 bits per heavy atom. The highest BCUT2D eigenvalue weighted by Crippen LogP contribution is 2.25. The summed E-state index contributed by atoms with van der Waals surface area (Å²) in [7, 11) is 0. The van der Waals surface area contributed by atoms with E-state index in [1.54, 1.807) is 0 Å². The molecule has 1 aliphatic heterocycles. The van der Waals surface area contributed by atoms with E-state index in [9.17, 15) is 4.79 Å². The highest BCUT2D eigenvalue weighted by Gasteiger charge is 2.27. The topological polar surface area (TPSA) is 71.2 Å². The van der Waals surface area contributed by atoms with Crippen LogP contribution in [0, 0.1) is 0 Å². The first-order valence-corrected chi connectivity index (χ1v) is 7.66. The molecule has 1 aliphatic rings. The first-order chi connectivity index (χ1) is 9.10. The Kier molecular flexibility index (Phi) is 4.90. The van der Waals surface area contributed by atoms with Gasteiger partial charge in [0.05, 0.1) is 5.69 Å². The number of amides is 1. The van der Waals surface area contributed by atoms with Gasteiger partial charge in [-0.25, -0.2) is 4.98 Å². The van der Waals surface area contributed by atoms with E-state index in [0.717, 1.165) is 12.2 Å². The molecule has 2 heterocycles. The number of hydrogen-bond acceptors (Lipinski definition) is 5. The molecule has 0 saturated carbocycles. The fraction of sp³-hybridized carbons (Fsp3) is 0.692. The molecule has 1 aromatic rings. The summed E-state index contributed by atoms with van der Waals surface area (Å²) in [6.45, 7) is 5.27. The van der Waals surface area contributed by atoms with Crippen LogP contribution in [-0.2, 0) is 11.3 Å². The zero-order valence-corrected chi connectivity index (χ0v) is 12.4.